The summed E-state index contributed by atoms with van der Waals surface area (Å²) in [5, 5.41) is 4.56. The minimum Gasteiger partial charge on any atom is -0.380 e. The number of thiazole rings is 1. The maximum absolute atomic E-state index is 5.43. The monoisotopic (exact) mass is 268 g/mol. The second kappa shape index (κ2) is 7.67. The smallest absolute Gasteiger partial charge is 0.0981 e. The van der Waals surface area contributed by atoms with Gasteiger partial charge in [-0.1, -0.05) is 26.8 Å². The molecule has 1 aromatic rings. The number of nitrogens with one attached hydrogen (secondary N) is 1. The topological polar surface area (TPSA) is 34.1 Å². The molecular formula is C14H24N2OS. The van der Waals surface area contributed by atoms with E-state index >= 15 is 0 Å². The van der Waals surface area contributed by atoms with Gasteiger partial charge in [-0.25, -0.2) is 4.98 Å². The van der Waals surface area contributed by atoms with Crippen molar-refractivity contribution in [1.29, 1.82) is 0 Å². The first kappa shape index (κ1) is 15.3. The second-order valence-electron chi connectivity index (χ2n) is 5.25. The predicted molar refractivity (Wildman–Crippen MR) is 78.2 cm³/mol. The molecule has 0 aliphatic carbocycles. The van der Waals surface area contributed by atoms with Crippen LogP contribution in [0, 0.1) is 0 Å². The Balaban J connectivity index is 2.16. The third kappa shape index (κ3) is 5.76. The Labute approximate surface area is 114 Å². The van der Waals surface area contributed by atoms with Crippen LogP contribution in [-0.4, -0.2) is 24.7 Å². The van der Waals surface area contributed by atoms with E-state index in [4.69, 9.17) is 4.74 Å². The van der Waals surface area contributed by atoms with Gasteiger partial charge in [0.05, 0.1) is 18.2 Å². The maximum atomic E-state index is 5.43. The molecule has 0 aliphatic rings. The normalized spacial score (nSPS) is 11.7. The predicted octanol–water partition coefficient (Wildman–Crippen LogP) is 3.12. The van der Waals surface area contributed by atoms with Crippen LogP contribution in [0.15, 0.2) is 18.9 Å². The quantitative estimate of drug-likeness (QED) is 0.581. The van der Waals surface area contributed by atoms with Crippen molar-refractivity contribution >= 4 is 11.3 Å². The molecule has 3 nitrogen and oxygen atoms in total. The van der Waals surface area contributed by atoms with E-state index < -0.39 is 0 Å². The lowest BCUT2D eigenvalue weighted by Crippen LogP contribution is -2.18. The molecule has 4 heteroatoms. The molecule has 0 saturated heterocycles. The van der Waals surface area contributed by atoms with Crippen molar-refractivity contribution in [3.05, 3.63) is 28.7 Å². The number of ether oxygens (including phenoxy) is 1. The molecule has 0 bridgehead atoms. The molecule has 0 unspecified atom stereocenters. The maximum Gasteiger partial charge on any atom is 0.0981 e. The van der Waals surface area contributed by atoms with Gasteiger partial charge >= 0.3 is 0 Å². The molecule has 1 N–H and O–H groups in total. The molecule has 0 atom stereocenters. The third-order valence-electron chi connectivity index (χ3n) is 2.38. The van der Waals surface area contributed by atoms with Gasteiger partial charge in [0, 0.05) is 29.6 Å². The summed E-state index contributed by atoms with van der Waals surface area (Å²) < 4.78 is 5.43. The van der Waals surface area contributed by atoms with Crippen molar-refractivity contribution in [2.24, 2.45) is 0 Å². The fourth-order valence-corrected chi connectivity index (χ4v) is 2.30. The third-order valence-corrected chi connectivity index (χ3v) is 3.81. The van der Waals surface area contributed by atoms with Crippen LogP contribution in [0.5, 0.6) is 0 Å². The molecule has 0 radical (unpaired) electrons. The zero-order chi connectivity index (χ0) is 13.4. The van der Waals surface area contributed by atoms with E-state index in [0.29, 0.717) is 0 Å². The van der Waals surface area contributed by atoms with Gasteiger partial charge < -0.3 is 10.1 Å². The fraction of sp³-hybridized carbons (Fsp3) is 0.643. The summed E-state index contributed by atoms with van der Waals surface area (Å²) in [7, 11) is 0. The van der Waals surface area contributed by atoms with E-state index in [1.807, 2.05) is 12.3 Å². The van der Waals surface area contributed by atoms with Crippen LogP contribution in [0.2, 0.25) is 0 Å². The number of nitrogens with zero attached hydrogens (tertiary/aromatic N) is 1. The van der Waals surface area contributed by atoms with Gasteiger partial charge in [-0.2, -0.15) is 0 Å². The highest BCUT2D eigenvalue weighted by atomic mass is 32.1. The lowest BCUT2D eigenvalue weighted by atomic mass is 9.98. The van der Waals surface area contributed by atoms with Gasteiger partial charge in [-0.15, -0.1) is 17.9 Å². The summed E-state index contributed by atoms with van der Waals surface area (Å²) in [4.78, 5) is 5.75. The molecule has 0 amide bonds. The molecule has 1 heterocycles. The minimum atomic E-state index is 0.150. The fourth-order valence-electron chi connectivity index (χ4n) is 1.36. The van der Waals surface area contributed by atoms with Crippen molar-refractivity contribution in [3.63, 3.8) is 0 Å². The van der Waals surface area contributed by atoms with Gasteiger partial charge in [-0.05, 0) is 6.42 Å². The van der Waals surface area contributed by atoms with Crippen molar-refractivity contribution in [2.75, 3.05) is 19.8 Å². The summed E-state index contributed by atoms with van der Waals surface area (Å²) in [6.45, 7) is 13.5. The first-order valence-electron chi connectivity index (χ1n) is 6.38. The molecule has 0 fully saturated rings. The van der Waals surface area contributed by atoms with Crippen LogP contribution in [0.1, 0.15) is 37.1 Å². The van der Waals surface area contributed by atoms with Crippen LogP contribution >= 0.6 is 11.3 Å². The molecule has 18 heavy (non-hydrogen) atoms. The number of hydrogen-bond donors (Lipinski definition) is 1. The molecule has 1 rings (SSSR count). The molecule has 1 aromatic heterocycles. The summed E-state index contributed by atoms with van der Waals surface area (Å²) in [5.74, 6) is 0. The van der Waals surface area contributed by atoms with Crippen LogP contribution in [0.25, 0.3) is 0 Å². The van der Waals surface area contributed by atoms with Crippen molar-refractivity contribution < 1.29 is 4.74 Å². The van der Waals surface area contributed by atoms with Gasteiger partial charge in [0.2, 0.25) is 0 Å². The van der Waals surface area contributed by atoms with Gasteiger partial charge in [-0.3, -0.25) is 0 Å². The highest BCUT2D eigenvalue weighted by Crippen LogP contribution is 2.26. The zero-order valence-corrected chi connectivity index (χ0v) is 12.5. The van der Waals surface area contributed by atoms with E-state index in [-0.39, 0.29) is 5.41 Å². The van der Waals surface area contributed by atoms with Crippen LogP contribution in [-0.2, 0) is 16.7 Å². The molecule has 0 spiro atoms. The summed E-state index contributed by atoms with van der Waals surface area (Å²) in [5.41, 5.74) is 0.150. The Morgan fingerprint density at radius 1 is 1.44 bits per heavy atom. The highest BCUT2D eigenvalue weighted by Gasteiger charge is 2.17. The van der Waals surface area contributed by atoms with Crippen LogP contribution in [0.3, 0.4) is 0 Å². The first-order valence-corrected chi connectivity index (χ1v) is 7.20. The second-order valence-corrected chi connectivity index (χ2v) is 6.36. The Bertz CT molecular complexity index is 355. The number of aromatic nitrogens is 1. The van der Waals surface area contributed by atoms with Gasteiger partial charge in [0.25, 0.3) is 0 Å². The van der Waals surface area contributed by atoms with E-state index in [0.717, 1.165) is 32.7 Å². The van der Waals surface area contributed by atoms with E-state index in [2.05, 4.69) is 37.7 Å². The molecule has 0 aromatic carbocycles. The lowest BCUT2D eigenvalue weighted by Gasteiger charge is -2.13. The lowest BCUT2D eigenvalue weighted by molar-refractivity contribution is 0.140. The summed E-state index contributed by atoms with van der Waals surface area (Å²) in [6, 6.07) is 0. The average molecular weight is 268 g/mol. The van der Waals surface area contributed by atoms with Crippen molar-refractivity contribution in [2.45, 2.75) is 39.2 Å². The van der Waals surface area contributed by atoms with Gasteiger partial charge in [0.15, 0.2) is 0 Å². The number of hydrogen-bond acceptors (Lipinski definition) is 4. The Hall–Kier alpha value is -0.710. The summed E-state index contributed by atoms with van der Waals surface area (Å²) in [6.07, 6.45) is 4.76. The standard InChI is InChI=1S/C14H24N2OS/c1-5-6-8-17-9-7-15-10-12-11-16-13(18-12)14(2,3)4/h5,11,15H,1,6-10H2,2-4H3. The van der Waals surface area contributed by atoms with Crippen molar-refractivity contribution in [1.82, 2.24) is 10.3 Å². The van der Waals surface area contributed by atoms with E-state index in [1.165, 1.54) is 9.88 Å². The number of rotatable bonds is 8. The SMILES string of the molecule is C=CCCOCCNCc1cnc(C(C)(C)C)s1. The molecular weight excluding hydrogens is 244 g/mol. The van der Waals surface area contributed by atoms with Gasteiger partial charge in [0.1, 0.15) is 0 Å². The van der Waals surface area contributed by atoms with Crippen LogP contribution in [0.4, 0.5) is 0 Å². The Morgan fingerprint density at radius 2 is 2.22 bits per heavy atom. The Morgan fingerprint density at radius 3 is 2.83 bits per heavy atom. The molecule has 0 aliphatic heterocycles. The summed E-state index contributed by atoms with van der Waals surface area (Å²) >= 11 is 1.78. The molecule has 102 valence electrons. The van der Waals surface area contributed by atoms with E-state index in [9.17, 15) is 0 Å². The Kier molecular flexibility index (Phi) is 6.54. The molecule has 0 saturated carbocycles. The minimum absolute atomic E-state index is 0.150. The van der Waals surface area contributed by atoms with E-state index in [1.54, 1.807) is 11.3 Å². The van der Waals surface area contributed by atoms with Crippen LogP contribution < -0.4 is 5.32 Å². The zero-order valence-electron chi connectivity index (χ0n) is 11.7. The first-order chi connectivity index (χ1) is 8.54. The average Bonchev–Trinajstić information content (AvgIpc) is 2.76. The highest BCUT2D eigenvalue weighted by molar-refractivity contribution is 7.11. The van der Waals surface area contributed by atoms with Crippen molar-refractivity contribution in [3.8, 4) is 0 Å². The largest absolute Gasteiger partial charge is 0.380 e.